The molecular weight excluding hydrogens is 758 g/mol. The molecule has 3 aliphatic rings. The standard InChI is InChI=1S/C39H38BrN7O7/c1-44-20-25(17-26(21-44)42-29-18-41-46(3)39(53)34(29)40)23-9-11-24(12-10-23)36(50)45(2)19-22-7-13-27(14-8-22)54-31-6-4-5-28-33(31)38(52)47(37(28)51)30-15-16-32(48)43-35(30)49/h4-14,18,25-26,30,42H,15-17,19-21H2,1-3H3,(H,43,48,49)/t25-,26+,30?/m1/s1. The van der Waals surface area contributed by atoms with Crippen LogP contribution in [0.4, 0.5) is 5.69 Å². The molecule has 54 heavy (non-hydrogen) atoms. The Hall–Kier alpha value is -5.67. The number of piperidine rings is 2. The van der Waals surface area contributed by atoms with Crippen LogP contribution in [0.2, 0.25) is 0 Å². The molecule has 2 fully saturated rings. The van der Waals surface area contributed by atoms with Crippen molar-refractivity contribution >= 4 is 51.2 Å². The van der Waals surface area contributed by atoms with Crippen LogP contribution < -0.4 is 20.9 Å². The average Bonchev–Trinajstić information content (AvgIpc) is 3.41. The van der Waals surface area contributed by atoms with Crippen LogP contribution in [-0.2, 0) is 23.2 Å². The van der Waals surface area contributed by atoms with E-state index in [1.54, 1.807) is 49.5 Å². The van der Waals surface area contributed by atoms with Crippen LogP contribution in [0.3, 0.4) is 0 Å². The number of rotatable bonds is 9. The Kier molecular flexibility index (Phi) is 10.2. The molecule has 0 radical (unpaired) electrons. The summed E-state index contributed by atoms with van der Waals surface area (Å²) in [6, 6.07) is 18.5. The second-order valence-corrected chi connectivity index (χ2v) is 14.7. The van der Waals surface area contributed by atoms with E-state index in [-0.39, 0.29) is 53.1 Å². The van der Waals surface area contributed by atoms with Gasteiger partial charge < -0.3 is 19.9 Å². The number of likely N-dealkylation sites (tertiary alicyclic amines) is 1. The minimum absolute atomic E-state index is 0.0306. The molecule has 5 amide bonds. The van der Waals surface area contributed by atoms with Gasteiger partial charge in [0.15, 0.2) is 0 Å². The fraction of sp³-hybridized carbons (Fsp3) is 0.308. The SMILES string of the molecule is CN1C[C@@H](Nc2cnn(C)c(=O)c2Br)C[C@@H](c2ccc(C(=O)N(C)Cc3ccc(Oc4cccc5c4C(=O)N(C4CCC(=O)NC4=O)C5=O)cc3)cc2)C1. The van der Waals surface area contributed by atoms with Crippen LogP contribution >= 0.6 is 15.9 Å². The average molecular weight is 797 g/mol. The summed E-state index contributed by atoms with van der Waals surface area (Å²) in [4.78, 5) is 81.2. The lowest BCUT2D eigenvalue weighted by molar-refractivity contribution is -0.136. The first-order chi connectivity index (χ1) is 25.9. The van der Waals surface area contributed by atoms with Gasteiger partial charge in [-0.2, -0.15) is 5.10 Å². The van der Waals surface area contributed by atoms with Gasteiger partial charge >= 0.3 is 0 Å². The predicted molar refractivity (Wildman–Crippen MR) is 201 cm³/mol. The minimum atomic E-state index is -1.07. The van der Waals surface area contributed by atoms with E-state index in [0.717, 1.165) is 35.5 Å². The summed E-state index contributed by atoms with van der Waals surface area (Å²) in [5, 5.41) is 9.81. The largest absolute Gasteiger partial charge is 0.457 e. The number of ether oxygens (including phenoxy) is 1. The van der Waals surface area contributed by atoms with Gasteiger partial charge in [0, 0.05) is 51.8 Å². The highest BCUT2D eigenvalue weighted by Gasteiger charge is 2.46. The number of likely N-dealkylation sites (N-methyl/N-ethyl adjacent to an activating group) is 1. The molecule has 3 aliphatic heterocycles. The molecule has 1 unspecified atom stereocenters. The summed E-state index contributed by atoms with van der Waals surface area (Å²) in [6.45, 7) is 2.01. The van der Waals surface area contributed by atoms with Gasteiger partial charge in [-0.25, -0.2) is 4.68 Å². The molecule has 14 nitrogen and oxygen atoms in total. The van der Waals surface area contributed by atoms with Gasteiger partial charge in [-0.05, 0) is 89.3 Å². The quantitative estimate of drug-likeness (QED) is 0.238. The third-order valence-electron chi connectivity index (χ3n) is 10.0. The first kappa shape index (κ1) is 36.7. The molecule has 0 bridgehead atoms. The van der Waals surface area contributed by atoms with Gasteiger partial charge in [0.1, 0.15) is 22.0 Å². The Morgan fingerprint density at radius 3 is 2.44 bits per heavy atom. The van der Waals surface area contributed by atoms with Crippen molar-refractivity contribution in [3.05, 3.63) is 116 Å². The van der Waals surface area contributed by atoms with Crippen molar-refractivity contribution in [1.29, 1.82) is 0 Å². The summed E-state index contributed by atoms with van der Waals surface area (Å²) in [5.41, 5.74) is 3.20. The van der Waals surface area contributed by atoms with Gasteiger partial charge in [0.25, 0.3) is 23.3 Å². The van der Waals surface area contributed by atoms with E-state index in [2.05, 4.69) is 43.6 Å². The number of fused-ring (bicyclic) bond motifs is 1. The molecule has 0 spiro atoms. The third-order valence-corrected chi connectivity index (χ3v) is 10.8. The molecule has 3 atom stereocenters. The number of anilines is 1. The van der Waals surface area contributed by atoms with E-state index >= 15 is 0 Å². The maximum absolute atomic E-state index is 13.4. The van der Waals surface area contributed by atoms with Gasteiger partial charge in [-0.15, -0.1) is 0 Å². The van der Waals surface area contributed by atoms with E-state index in [9.17, 15) is 28.8 Å². The smallest absolute Gasteiger partial charge is 0.282 e. The number of hydrogen-bond acceptors (Lipinski definition) is 10. The number of nitrogens with zero attached hydrogens (tertiary/aromatic N) is 5. The molecule has 2 N–H and O–H groups in total. The normalized spacial score (nSPS) is 20.1. The Morgan fingerprint density at radius 1 is 0.981 bits per heavy atom. The van der Waals surface area contributed by atoms with E-state index in [1.165, 1.54) is 10.7 Å². The second kappa shape index (κ2) is 15.0. The number of nitrogens with one attached hydrogen (secondary N) is 2. The highest BCUT2D eigenvalue weighted by molar-refractivity contribution is 9.10. The molecular formula is C39H38BrN7O7. The molecule has 3 aromatic carbocycles. The maximum Gasteiger partial charge on any atom is 0.282 e. The number of carbonyl (C=O) groups is 5. The predicted octanol–water partition coefficient (Wildman–Crippen LogP) is 3.91. The topological polar surface area (TPSA) is 163 Å². The third kappa shape index (κ3) is 7.28. The number of amides is 5. The first-order valence-electron chi connectivity index (χ1n) is 17.5. The number of carbonyl (C=O) groups excluding carboxylic acids is 5. The molecule has 0 saturated carbocycles. The fourth-order valence-electron chi connectivity index (χ4n) is 7.32. The minimum Gasteiger partial charge on any atom is -0.457 e. The second-order valence-electron chi connectivity index (χ2n) is 14.0. The summed E-state index contributed by atoms with van der Waals surface area (Å²) < 4.78 is 7.79. The van der Waals surface area contributed by atoms with Crippen molar-refractivity contribution in [2.45, 2.75) is 43.8 Å². The van der Waals surface area contributed by atoms with Gasteiger partial charge in [0.05, 0.1) is 23.0 Å². The molecule has 4 aromatic rings. The zero-order chi connectivity index (χ0) is 38.3. The van der Waals surface area contributed by atoms with E-state index in [1.807, 2.05) is 36.4 Å². The van der Waals surface area contributed by atoms with Crippen molar-refractivity contribution < 1.29 is 28.7 Å². The van der Waals surface area contributed by atoms with Crippen molar-refractivity contribution in [2.24, 2.45) is 7.05 Å². The summed E-state index contributed by atoms with van der Waals surface area (Å²) in [6.07, 6.45) is 2.59. The van der Waals surface area contributed by atoms with Crippen LogP contribution in [0.1, 0.15) is 67.4 Å². The lowest BCUT2D eigenvalue weighted by atomic mass is 9.87. The lowest BCUT2D eigenvalue weighted by Crippen LogP contribution is -2.54. The number of hydrogen-bond donors (Lipinski definition) is 2. The molecule has 15 heteroatoms. The van der Waals surface area contributed by atoms with Gasteiger partial charge in [-0.3, -0.25) is 39.0 Å². The van der Waals surface area contributed by atoms with Crippen LogP contribution in [0.25, 0.3) is 0 Å². The molecule has 7 rings (SSSR count). The molecule has 1 aromatic heterocycles. The number of halogens is 1. The highest BCUT2D eigenvalue weighted by Crippen LogP contribution is 2.36. The van der Waals surface area contributed by atoms with Crippen LogP contribution in [0.15, 0.2) is 82.2 Å². The highest BCUT2D eigenvalue weighted by atomic mass is 79.9. The monoisotopic (exact) mass is 795 g/mol. The molecule has 0 aliphatic carbocycles. The van der Waals surface area contributed by atoms with E-state index in [0.29, 0.717) is 28.0 Å². The van der Waals surface area contributed by atoms with Crippen LogP contribution in [0.5, 0.6) is 11.5 Å². The number of aromatic nitrogens is 2. The van der Waals surface area contributed by atoms with Crippen molar-refractivity contribution in [2.75, 3.05) is 32.5 Å². The fourth-order valence-corrected chi connectivity index (χ4v) is 7.79. The zero-order valence-corrected chi connectivity index (χ0v) is 31.5. The Morgan fingerprint density at radius 2 is 1.72 bits per heavy atom. The first-order valence-corrected chi connectivity index (χ1v) is 18.3. The Bertz CT molecular complexity index is 2220. The van der Waals surface area contributed by atoms with Crippen molar-refractivity contribution in [1.82, 2.24) is 29.8 Å². The Labute approximate surface area is 319 Å². The summed E-state index contributed by atoms with van der Waals surface area (Å²) in [5.74, 6) is -1.70. The zero-order valence-electron chi connectivity index (χ0n) is 29.9. The summed E-state index contributed by atoms with van der Waals surface area (Å²) in [7, 11) is 5.42. The molecule has 278 valence electrons. The maximum atomic E-state index is 13.4. The number of imide groups is 2. The molecule has 2 saturated heterocycles. The summed E-state index contributed by atoms with van der Waals surface area (Å²) >= 11 is 3.40. The van der Waals surface area contributed by atoms with Crippen LogP contribution in [0, 0.1) is 0 Å². The van der Waals surface area contributed by atoms with E-state index in [4.69, 9.17) is 4.74 Å². The van der Waals surface area contributed by atoms with E-state index < -0.39 is 29.7 Å². The van der Waals surface area contributed by atoms with Crippen molar-refractivity contribution in [3.63, 3.8) is 0 Å². The van der Waals surface area contributed by atoms with Gasteiger partial charge in [-0.1, -0.05) is 30.3 Å². The van der Waals surface area contributed by atoms with Gasteiger partial charge in [0.2, 0.25) is 11.8 Å². The Balaban J connectivity index is 0.964. The number of aryl methyl sites for hydroxylation is 1. The lowest BCUT2D eigenvalue weighted by Gasteiger charge is -2.37. The molecule has 4 heterocycles. The van der Waals surface area contributed by atoms with Crippen LogP contribution in [-0.4, -0.2) is 93.3 Å². The number of benzene rings is 3. The van der Waals surface area contributed by atoms with Crippen molar-refractivity contribution in [3.8, 4) is 11.5 Å².